The molecule has 26 heavy (non-hydrogen) atoms. The number of likely N-dealkylation sites (tertiary alicyclic amines) is 1. The Hall–Kier alpha value is -1.10. The molecule has 1 amide bonds. The number of carbonyl (C=O) groups excluding carboxylic acids is 1. The normalized spacial score (nSPS) is 16.2. The zero-order chi connectivity index (χ0) is 18.9. The Labute approximate surface area is 164 Å². The zero-order valence-electron chi connectivity index (χ0n) is 16.6. The van der Waals surface area contributed by atoms with Crippen molar-refractivity contribution in [1.82, 2.24) is 14.7 Å². The summed E-state index contributed by atoms with van der Waals surface area (Å²) in [7, 11) is 6.06. The summed E-state index contributed by atoms with van der Waals surface area (Å²) in [6.45, 7) is 5.27. The number of piperidine rings is 1. The Morgan fingerprint density at radius 3 is 2.42 bits per heavy atom. The van der Waals surface area contributed by atoms with Crippen LogP contribution in [0.4, 0.5) is 0 Å². The smallest absolute Gasteiger partial charge is 0.222 e. The van der Waals surface area contributed by atoms with Gasteiger partial charge in [0, 0.05) is 31.6 Å². The predicted octanol–water partition coefficient (Wildman–Crippen LogP) is 3.39. The number of nitrogens with zero attached hydrogens (tertiary/aromatic N) is 3. The van der Waals surface area contributed by atoms with Gasteiger partial charge < -0.3 is 14.7 Å². The second-order valence-electron chi connectivity index (χ2n) is 7.84. The molecule has 0 aliphatic carbocycles. The van der Waals surface area contributed by atoms with Gasteiger partial charge in [-0.05, 0) is 83.0 Å². The quantitative estimate of drug-likeness (QED) is 0.658. The minimum Gasteiger partial charge on any atom is -0.345 e. The summed E-state index contributed by atoms with van der Waals surface area (Å²) >= 11 is 5.94. The lowest BCUT2D eigenvalue weighted by Crippen LogP contribution is -2.40. The molecule has 0 N–H and O–H groups in total. The number of amides is 1. The predicted molar refractivity (Wildman–Crippen MR) is 110 cm³/mol. The molecule has 0 bridgehead atoms. The van der Waals surface area contributed by atoms with E-state index in [0.29, 0.717) is 12.3 Å². The van der Waals surface area contributed by atoms with E-state index in [1.807, 2.05) is 24.1 Å². The Morgan fingerprint density at radius 1 is 1.15 bits per heavy atom. The van der Waals surface area contributed by atoms with Gasteiger partial charge >= 0.3 is 0 Å². The first-order chi connectivity index (χ1) is 12.4. The van der Waals surface area contributed by atoms with Gasteiger partial charge in [0.05, 0.1) is 0 Å². The Morgan fingerprint density at radius 2 is 1.81 bits per heavy atom. The molecule has 1 aliphatic heterocycles. The van der Waals surface area contributed by atoms with Gasteiger partial charge in [0.25, 0.3) is 0 Å². The maximum absolute atomic E-state index is 12.2. The first-order valence-electron chi connectivity index (χ1n) is 9.79. The number of carbonyl (C=O) groups is 1. The molecule has 2 rings (SSSR count). The summed E-state index contributed by atoms with van der Waals surface area (Å²) in [6, 6.07) is 8.17. The highest BCUT2D eigenvalue weighted by Crippen LogP contribution is 2.19. The lowest BCUT2D eigenvalue weighted by atomic mass is 9.96. The van der Waals surface area contributed by atoms with E-state index in [4.69, 9.17) is 11.6 Å². The molecule has 0 aromatic heterocycles. The third-order valence-corrected chi connectivity index (χ3v) is 5.54. The second-order valence-corrected chi connectivity index (χ2v) is 8.28. The lowest BCUT2D eigenvalue weighted by molar-refractivity contribution is -0.130. The number of rotatable bonds is 9. The van der Waals surface area contributed by atoms with Crippen LogP contribution in [0.1, 0.15) is 31.2 Å². The van der Waals surface area contributed by atoms with Gasteiger partial charge in [0.2, 0.25) is 5.91 Å². The zero-order valence-corrected chi connectivity index (χ0v) is 17.3. The average molecular weight is 380 g/mol. The molecule has 0 spiro atoms. The summed E-state index contributed by atoms with van der Waals surface area (Å²) < 4.78 is 0. The minimum atomic E-state index is 0.289. The van der Waals surface area contributed by atoms with Crippen molar-refractivity contribution in [2.75, 3.05) is 53.9 Å². The average Bonchev–Trinajstić information content (AvgIpc) is 2.62. The van der Waals surface area contributed by atoms with Crippen molar-refractivity contribution in [2.24, 2.45) is 5.92 Å². The molecule has 1 saturated heterocycles. The molecule has 1 fully saturated rings. The first-order valence-corrected chi connectivity index (χ1v) is 10.2. The lowest BCUT2D eigenvalue weighted by Gasteiger charge is -2.34. The minimum absolute atomic E-state index is 0.289. The highest BCUT2D eigenvalue weighted by atomic mass is 35.5. The Bertz CT molecular complexity index is 539. The van der Waals surface area contributed by atoms with Crippen molar-refractivity contribution in [1.29, 1.82) is 0 Å². The number of halogens is 1. The van der Waals surface area contributed by atoms with Gasteiger partial charge in [0.1, 0.15) is 0 Å². The molecule has 1 aromatic rings. The highest BCUT2D eigenvalue weighted by Gasteiger charge is 2.21. The van der Waals surface area contributed by atoms with Crippen LogP contribution in [0, 0.1) is 5.92 Å². The van der Waals surface area contributed by atoms with E-state index in [1.165, 1.54) is 18.4 Å². The summed E-state index contributed by atoms with van der Waals surface area (Å²) in [5, 5.41) is 0.801. The number of hydrogen-bond acceptors (Lipinski definition) is 3. The van der Waals surface area contributed by atoms with Crippen LogP contribution in [0.5, 0.6) is 0 Å². The fourth-order valence-electron chi connectivity index (χ4n) is 3.56. The third-order valence-electron chi connectivity index (χ3n) is 5.29. The fraction of sp³-hybridized carbons (Fsp3) is 0.667. The molecule has 5 heteroatoms. The maximum atomic E-state index is 12.2. The van der Waals surface area contributed by atoms with Crippen LogP contribution in [-0.4, -0.2) is 74.5 Å². The largest absolute Gasteiger partial charge is 0.345 e. The van der Waals surface area contributed by atoms with E-state index in [2.05, 4.69) is 36.0 Å². The van der Waals surface area contributed by atoms with Gasteiger partial charge in [-0.25, -0.2) is 0 Å². The Balaban J connectivity index is 1.63. The molecule has 1 aliphatic rings. The van der Waals surface area contributed by atoms with Crippen LogP contribution < -0.4 is 0 Å². The second kappa shape index (κ2) is 10.9. The van der Waals surface area contributed by atoms with Crippen LogP contribution in [0.15, 0.2) is 24.3 Å². The van der Waals surface area contributed by atoms with E-state index in [-0.39, 0.29) is 5.91 Å². The van der Waals surface area contributed by atoms with Gasteiger partial charge in [-0.2, -0.15) is 0 Å². The molecular weight excluding hydrogens is 346 g/mol. The molecule has 1 heterocycles. The van der Waals surface area contributed by atoms with Gasteiger partial charge in [-0.15, -0.1) is 0 Å². The van der Waals surface area contributed by atoms with E-state index in [9.17, 15) is 4.79 Å². The van der Waals surface area contributed by atoms with Crippen LogP contribution in [0.3, 0.4) is 0 Å². The third kappa shape index (κ3) is 7.65. The SMILES string of the molecule is CN(C)CCCC(=O)N(C)CC1CCN(CCc2ccc(Cl)cc2)CC1. The summed E-state index contributed by atoms with van der Waals surface area (Å²) in [5.41, 5.74) is 1.35. The molecule has 0 saturated carbocycles. The van der Waals surface area contributed by atoms with Crippen molar-refractivity contribution in [2.45, 2.75) is 32.1 Å². The van der Waals surface area contributed by atoms with E-state index >= 15 is 0 Å². The molecular formula is C21H34ClN3O. The number of benzene rings is 1. The van der Waals surface area contributed by atoms with Crippen LogP contribution in [0.25, 0.3) is 0 Å². The van der Waals surface area contributed by atoms with Crippen molar-refractivity contribution < 1.29 is 4.79 Å². The van der Waals surface area contributed by atoms with Crippen molar-refractivity contribution in [3.8, 4) is 0 Å². The monoisotopic (exact) mass is 379 g/mol. The fourth-order valence-corrected chi connectivity index (χ4v) is 3.68. The molecule has 0 unspecified atom stereocenters. The Kier molecular flexibility index (Phi) is 8.89. The highest BCUT2D eigenvalue weighted by molar-refractivity contribution is 6.30. The summed E-state index contributed by atoms with van der Waals surface area (Å²) in [4.78, 5) is 18.9. The van der Waals surface area contributed by atoms with Gasteiger partial charge in [-0.3, -0.25) is 4.79 Å². The van der Waals surface area contributed by atoms with Crippen molar-refractivity contribution in [3.05, 3.63) is 34.9 Å². The van der Waals surface area contributed by atoms with Gasteiger partial charge in [0.15, 0.2) is 0 Å². The molecule has 146 valence electrons. The molecule has 1 aromatic carbocycles. The van der Waals surface area contributed by atoms with Crippen LogP contribution in [-0.2, 0) is 11.2 Å². The topological polar surface area (TPSA) is 26.8 Å². The summed E-state index contributed by atoms with van der Waals surface area (Å²) in [5.74, 6) is 0.932. The van der Waals surface area contributed by atoms with Crippen LogP contribution in [0.2, 0.25) is 5.02 Å². The molecule has 4 nitrogen and oxygen atoms in total. The van der Waals surface area contributed by atoms with Crippen molar-refractivity contribution >= 4 is 17.5 Å². The standard InChI is InChI=1S/C21H34ClN3O/c1-23(2)13-4-5-21(26)24(3)17-19-11-15-25(16-12-19)14-10-18-6-8-20(22)9-7-18/h6-9,19H,4-5,10-17H2,1-3H3. The summed E-state index contributed by atoms with van der Waals surface area (Å²) in [6.07, 6.45) is 5.06. The molecule has 0 radical (unpaired) electrons. The van der Waals surface area contributed by atoms with Crippen molar-refractivity contribution in [3.63, 3.8) is 0 Å². The van der Waals surface area contributed by atoms with E-state index < -0.39 is 0 Å². The number of hydrogen-bond donors (Lipinski definition) is 0. The maximum Gasteiger partial charge on any atom is 0.222 e. The van der Waals surface area contributed by atoms with E-state index in [0.717, 1.165) is 50.6 Å². The van der Waals surface area contributed by atoms with Gasteiger partial charge in [-0.1, -0.05) is 23.7 Å². The van der Waals surface area contributed by atoms with E-state index in [1.54, 1.807) is 0 Å². The molecule has 0 atom stereocenters. The first kappa shape index (κ1) is 21.2. The van der Waals surface area contributed by atoms with Crippen LogP contribution >= 0.6 is 11.6 Å².